The van der Waals surface area contributed by atoms with Gasteiger partial charge in [-0.25, -0.2) is 0 Å². The van der Waals surface area contributed by atoms with Crippen LogP contribution in [0.4, 0.5) is 0 Å². The van der Waals surface area contributed by atoms with Gasteiger partial charge in [0.25, 0.3) is 0 Å². The van der Waals surface area contributed by atoms with Crippen LogP contribution in [0.5, 0.6) is 5.75 Å². The lowest BCUT2D eigenvalue weighted by molar-refractivity contribution is 0.416. The second kappa shape index (κ2) is 4.67. The van der Waals surface area contributed by atoms with E-state index in [1.54, 1.807) is 7.11 Å². The molecule has 1 aromatic heterocycles. The maximum absolute atomic E-state index is 5.52. The van der Waals surface area contributed by atoms with Crippen molar-refractivity contribution in [1.82, 2.24) is 4.37 Å². The van der Waals surface area contributed by atoms with Gasteiger partial charge in [0.05, 0.1) is 17.5 Å². The van der Waals surface area contributed by atoms with Gasteiger partial charge in [0.15, 0.2) is 0 Å². The number of hydrogen-bond acceptors (Lipinski definition) is 3. The first-order valence-corrected chi connectivity index (χ1v) is 6.98. The first-order valence-electron chi connectivity index (χ1n) is 6.20. The molecule has 0 aliphatic carbocycles. The van der Waals surface area contributed by atoms with Gasteiger partial charge < -0.3 is 4.74 Å². The van der Waals surface area contributed by atoms with Crippen molar-refractivity contribution in [2.75, 3.05) is 7.11 Å². The van der Waals surface area contributed by atoms with Crippen molar-refractivity contribution in [3.05, 3.63) is 47.5 Å². The number of benzene rings is 2. The third-order valence-electron chi connectivity index (χ3n) is 3.45. The van der Waals surface area contributed by atoms with E-state index >= 15 is 0 Å². The Bertz CT molecular complexity index is 746. The maximum atomic E-state index is 5.52. The number of hydrogen-bond donors (Lipinski definition) is 0. The molecule has 3 heteroatoms. The van der Waals surface area contributed by atoms with E-state index < -0.39 is 0 Å². The fourth-order valence-electron chi connectivity index (χ4n) is 2.22. The Morgan fingerprint density at radius 1 is 1.05 bits per heavy atom. The number of rotatable bonds is 2. The summed E-state index contributed by atoms with van der Waals surface area (Å²) in [6, 6.07) is 12.6. The third kappa shape index (κ3) is 2.00. The molecule has 1 heterocycles. The zero-order valence-corrected chi connectivity index (χ0v) is 12.0. The largest absolute Gasteiger partial charge is 0.496 e. The molecule has 0 bridgehead atoms. The van der Waals surface area contributed by atoms with Gasteiger partial charge in [-0.1, -0.05) is 18.2 Å². The molecule has 0 N–H and O–H groups in total. The topological polar surface area (TPSA) is 22.1 Å². The predicted octanol–water partition coefficient (Wildman–Crippen LogP) is 4.59. The molecule has 0 unspecified atom stereocenters. The van der Waals surface area contributed by atoms with Crippen LogP contribution in [0.25, 0.3) is 21.3 Å². The van der Waals surface area contributed by atoms with Gasteiger partial charge in [-0.3, -0.25) is 0 Å². The molecule has 2 nitrogen and oxygen atoms in total. The quantitative estimate of drug-likeness (QED) is 0.679. The van der Waals surface area contributed by atoms with Crippen molar-refractivity contribution < 1.29 is 4.74 Å². The van der Waals surface area contributed by atoms with Crippen LogP contribution in [0, 0.1) is 13.8 Å². The number of ether oxygens (including phenoxy) is 1. The van der Waals surface area contributed by atoms with Crippen LogP contribution in [0.1, 0.15) is 11.1 Å². The summed E-state index contributed by atoms with van der Waals surface area (Å²) in [6.45, 7) is 4.22. The van der Waals surface area contributed by atoms with Crippen LogP contribution >= 0.6 is 11.5 Å². The van der Waals surface area contributed by atoms with E-state index in [-0.39, 0.29) is 0 Å². The van der Waals surface area contributed by atoms with Crippen LogP contribution in [0.15, 0.2) is 36.4 Å². The lowest BCUT2D eigenvalue weighted by atomic mass is 10.0. The average molecular weight is 269 g/mol. The standard InChI is InChI=1S/C16H15NOS/c1-10-8-13(14(18-3)9-11(10)2)16-12-6-4-5-7-15(12)19-17-16/h4-9H,1-3H3. The molecule has 0 spiro atoms. The number of nitrogens with zero attached hydrogens (tertiary/aromatic N) is 1. The van der Waals surface area contributed by atoms with E-state index in [0.717, 1.165) is 17.0 Å². The summed E-state index contributed by atoms with van der Waals surface area (Å²) in [5.74, 6) is 0.888. The summed E-state index contributed by atoms with van der Waals surface area (Å²) >= 11 is 1.53. The van der Waals surface area contributed by atoms with Crippen molar-refractivity contribution in [1.29, 1.82) is 0 Å². The van der Waals surface area contributed by atoms with Crippen molar-refractivity contribution in [2.45, 2.75) is 13.8 Å². The molecule has 0 aliphatic heterocycles. The molecule has 0 aliphatic rings. The average Bonchev–Trinajstić information content (AvgIpc) is 2.85. The molecular weight excluding hydrogens is 254 g/mol. The lowest BCUT2D eigenvalue weighted by Crippen LogP contribution is -1.92. The second-order valence-corrected chi connectivity index (χ2v) is 5.47. The molecule has 0 amide bonds. The zero-order chi connectivity index (χ0) is 13.4. The molecule has 3 rings (SSSR count). The van der Waals surface area contributed by atoms with Gasteiger partial charge in [-0.05, 0) is 54.7 Å². The van der Waals surface area contributed by atoms with Crippen molar-refractivity contribution in [2.24, 2.45) is 0 Å². The molecule has 0 saturated heterocycles. The summed E-state index contributed by atoms with van der Waals surface area (Å²) in [5, 5.41) is 1.19. The highest BCUT2D eigenvalue weighted by Gasteiger charge is 2.14. The summed E-state index contributed by atoms with van der Waals surface area (Å²) < 4.78 is 11.3. The second-order valence-electron chi connectivity index (χ2n) is 4.66. The van der Waals surface area contributed by atoms with Crippen LogP contribution in [-0.4, -0.2) is 11.5 Å². The highest BCUT2D eigenvalue weighted by molar-refractivity contribution is 7.13. The zero-order valence-electron chi connectivity index (χ0n) is 11.2. The fraction of sp³-hybridized carbons (Fsp3) is 0.188. The molecule has 19 heavy (non-hydrogen) atoms. The van der Waals surface area contributed by atoms with Crippen LogP contribution in [-0.2, 0) is 0 Å². The normalized spacial score (nSPS) is 10.9. The minimum Gasteiger partial charge on any atom is -0.496 e. The van der Waals surface area contributed by atoms with Gasteiger partial charge in [-0.2, -0.15) is 4.37 Å². The minimum absolute atomic E-state index is 0.888. The Hall–Kier alpha value is -1.87. The van der Waals surface area contributed by atoms with Gasteiger partial charge in [0.2, 0.25) is 0 Å². The Kier molecular flexibility index (Phi) is 2.99. The Morgan fingerprint density at radius 3 is 2.58 bits per heavy atom. The van der Waals surface area contributed by atoms with Gasteiger partial charge >= 0.3 is 0 Å². The summed E-state index contributed by atoms with van der Waals surface area (Å²) in [5.41, 5.74) is 4.58. The summed E-state index contributed by atoms with van der Waals surface area (Å²) in [6.07, 6.45) is 0. The van der Waals surface area contributed by atoms with Crippen LogP contribution < -0.4 is 4.74 Å². The van der Waals surface area contributed by atoms with Crippen molar-refractivity contribution >= 4 is 21.6 Å². The summed E-state index contributed by atoms with van der Waals surface area (Å²) in [7, 11) is 1.71. The number of aromatic nitrogens is 1. The van der Waals surface area contributed by atoms with Crippen LogP contribution in [0.2, 0.25) is 0 Å². The Morgan fingerprint density at radius 2 is 1.79 bits per heavy atom. The Labute approximate surface area is 116 Å². The monoisotopic (exact) mass is 269 g/mol. The summed E-state index contributed by atoms with van der Waals surface area (Å²) in [4.78, 5) is 0. The SMILES string of the molecule is COc1cc(C)c(C)cc1-c1nsc2ccccc12. The molecule has 3 aromatic rings. The molecule has 0 fully saturated rings. The fourth-order valence-corrected chi connectivity index (χ4v) is 3.01. The third-order valence-corrected chi connectivity index (χ3v) is 4.27. The number of fused-ring (bicyclic) bond motifs is 1. The number of aryl methyl sites for hydroxylation is 2. The van der Waals surface area contributed by atoms with Crippen LogP contribution in [0.3, 0.4) is 0 Å². The molecule has 0 saturated carbocycles. The lowest BCUT2D eigenvalue weighted by Gasteiger charge is -2.10. The van der Waals surface area contributed by atoms with E-state index in [9.17, 15) is 0 Å². The first-order chi connectivity index (χ1) is 9.20. The molecular formula is C16H15NOS. The van der Waals surface area contributed by atoms with E-state index in [1.807, 2.05) is 12.1 Å². The maximum Gasteiger partial charge on any atom is 0.128 e. The molecule has 96 valence electrons. The first kappa shape index (κ1) is 12.2. The van der Waals surface area contributed by atoms with Gasteiger partial charge in [0.1, 0.15) is 5.75 Å². The van der Waals surface area contributed by atoms with E-state index in [0.29, 0.717) is 0 Å². The highest BCUT2D eigenvalue weighted by Crippen LogP contribution is 2.37. The molecule has 0 radical (unpaired) electrons. The number of methoxy groups -OCH3 is 1. The molecule has 2 aromatic carbocycles. The molecule has 0 atom stereocenters. The van der Waals surface area contributed by atoms with E-state index in [2.05, 4.69) is 42.5 Å². The van der Waals surface area contributed by atoms with Gasteiger partial charge in [0, 0.05) is 10.9 Å². The van der Waals surface area contributed by atoms with E-state index in [1.165, 1.54) is 32.7 Å². The van der Waals surface area contributed by atoms with Gasteiger partial charge in [-0.15, -0.1) is 0 Å². The predicted molar refractivity (Wildman–Crippen MR) is 81.1 cm³/mol. The smallest absolute Gasteiger partial charge is 0.128 e. The van der Waals surface area contributed by atoms with Crippen molar-refractivity contribution in [3.63, 3.8) is 0 Å². The van der Waals surface area contributed by atoms with Crippen molar-refractivity contribution in [3.8, 4) is 17.0 Å². The Balaban J connectivity index is 2.29. The van der Waals surface area contributed by atoms with E-state index in [4.69, 9.17) is 4.74 Å². The highest BCUT2D eigenvalue weighted by atomic mass is 32.1. The minimum atomic E-state index is 0.888.